The summed E-state index contributed by atoms with van der Waals surface area (Å²) in [6, 6.07) is 12.9. The first-order valence-corrected chi connectivity index (χ1v) is 12.0. The molecule has 3 rings (SSSR count). The Balaban J connectivity index is 2.10. The van der Waals surface area contributed by atoms with Gasteiger partial charge in [-0.2, -0.15) is 0 Å². The molecule has 1 aliphatic heterocycles. The van der Waals surface area contributed by atoms with Crippen molar-refractivity contribution in [2.24, 2.45) is 0 Å². The maximum absolute atomic E-state index is 13.7. The zero-order valence-corrected chi connectivity index (χ0v) is 21.2. The number of aldehydes is 1. The van der Waals surface area contributed by atoms with Gasteiger partial charge in [-0.05, 0) is 62.6 Å². The third-order valence-electron chi connectivity index (χ3n) is 5.52. The fourth-order valence-corrected chi connectivity index (χ4v) is 4.42. The Morgan fingerprint density at radius 3 is 2.35 bits per heavy atom. The average Bonchev–Trinajstić information content (AvgIpc) is 2.76. The lowest BCUT2D eigenvalue weighted by Crippen LogP contribution is -2.55. The number of ether oxygens (including phenoxy) is 2. The number of hydrogen-bond donors (Lipinski definition) is 0. The summed E-state index contributed by atoms with van der Waals surface area (Å²) in [6.45, 7) is 7.10. The Hall–Kier alpha value is -2.41. The van der Waals surface area contributed by atoms with Crippen molar-refractivity contribution in [2.75, 3.05) is 0 Å². The number of hydrogen-bond acceptors (Lipinski definition) is 5. The van der Waals surface area contributed by atoms with Crippen molar-refractivity contribution in [3.8, 4) is 0 Å². The summed E-state index contributed by atoms with van der Waals surface area (Å²) in [5.41, 5.74) is 0.764. The molecule has 1 amide bonds. The molecule has 0 spiro atoms. The fraction of sp³-hybridized carbons (Fsp3) is 0.423. The van der Waals surface area contributed by atoms with E-state index in [9.17, 15) is 14.4 Å². The molecule has 0 N–H and O–H groups in total. The summed E-state index contributed by atoms with van der Waals surface area (Å²) in [6.07, 6.45) is -0.908. The fourth-order valence-electron chi connectivity index (χ4n) is 4.10. The zero-order valence-electron chi connectivity index (χ0n) is 19.7. The van der Waals surface area contributed by atoms with Crippen LogP contribution in [0, 0.1) is 0 Å². The highest BCUT2D eigenvalue weighted by molar-refractivity contribution is 6.30. The van der Waals surface area contributed by atoms with Gasteiger partial charge < -0.3 is 19.2 Å². The molecule has 182 valence electrons. The normalized spacial score (nSPS) is 21.8. The van der Waals surface area contributed by atoms with Crippen molar-refractivity contribution in [1.82, 2.24) is 4.90 Å². The smallest absolute Gasteiger partial charge is 0.309 e. The highest BCUT2D eigenvalue weighted by Gasteiger charge is 2.47. The summed E-state index contributed by atoms with van der Waals surface area (Å²) < 4.78 is 11.7. The van der Waals surface area contributed by atoms with Crippen molar-refractivity contribution >= 4 is 41.4 Å². The van der Waals surface area contributed by atoms with Crippen LogP contribution in [0.2, 0.25) is 10.0 Å². The molecule has 1 heterocycles. The third-order valence-corrected chi connectivity index (χ3v) is 6.01. The predicted octanol–water partition coefficient (Wildman–Crippen LogP) is 5.71. The van der Waals surface area contributed by atoms with Gasteiger partial charge in [-0.3, -0.25) is 9.59 Å². The lowest BCUT2D eigenvalue weighted by Gasteiger charge is -2.46. The zero-order chi connectivity index (χ0) is 25.0. The average molecular weight is 506 g/mol. The van der Waals surface area contributed by atoms with Crippen molar-refractivity contribution in [2.45, 2.75) is 70.4 Å². The second-order valence-electron chi connectivity index (χ2n) is 9.24. The number of carbonyl (C=O) groups is 3. The van der Waals surface area contributed by atoms with Gasteiger partial charge in [-0.15, -0.1) is 0 Å². The molecular formula is C26H29Cl2NO5. The van der Waals surface area contributed by atoms with E-state index in [0.29, 0.717) is 16.5 Å². The highest BCUT2D eigenvalue weighted by atomic mass is 35.5. The molecule has 1 aliphatic rings. The molecule has 1 unspecified atom stereocenters. The maximum Gasteiger partial charge on any atom is 0.309 e. The van der Waals surface area contributed by atoms with E-state index in [2.05, 4.69) is 0 Å². The predicted molar refractivity (Wildman–Crippen MR) is 131 cm³/mol. The number of nitrogens with zero attached hydrogens (tertiary/aromatic N) is 1. The van der Waals surface area contributed by atoms with E-state index in [0.717, 1.165) is 17.4 Å². The second-order valence-corrected chi connectivity index (χ2v) is 10.1. The first kappa shape index (κ1) is 26.2. The van der Waals surface area contributed by atoms with E-state index >= 15 is 0 Å². The molecule has 0 aliphatic carbocycles. The van der Waals surface area contributed by atoms with Crippen LogP contribution in [-0.2, 0) is 23.9 Å². The van der Waals surface area contributed by atoms with Crippen molar-refractivity contribution in [3.05, 3.63) is 69.7 Å². The van der Waals surface area contributed by atoms with Crippen LogP contribution >= 0.6 is 23.2 Å². The molecule has 4 atom stereocenters. The van der Waals surface area contributed by atoms with Crippen LogP contribution < -0.4 is 0 Å². The Morgan fingerprint density at radius 2 is 1.79 bits per heavy atom. The summed E-state index contributed by atoms with van der Waals surface area (Å²) in [5, 5.41) is 1.05. The van der Waals surface area contributed by atoms with Crippen molar-refractivity contribution in [1.29, 1.82) is 0 Å². The van der Waals surface area contributed by atoms with Gasteiger partial charge in [0.05, 0.1) is 18.5 Å². The number of amides is 1. The number of halogens is 2. The van der Waals surface area contributed by atoms with E-state index in [4.69, 9.17) is 32.7 Å². The maximum atomic E-state index is 13.7. The van der Waals surface area contributed by atoms with Crippen LogP contribution in [0.15, 0.2) is 48.5 Å². The summed E-state index contributed by atoms with van der Waals surface area (Å²) in [4.78, 5) is 39.8. The Bertz CT molecular complexity index is 1030. The minimum Gasteiger partial charge on any atom is -0.460 e. The first-order valence-electron chi connectivity index (χ1n) is 11.2. The Labute approximate surface area is 210 Å². The van der Waals surface area contributed by atoms with Gasteiger partial charge in [0.2, 0.25) is 0 Å². The molecule has 1 fully saturated rings. The molecule has 1 saturated heterocycles. The molecular weight excluding hydrogens is 477 g/mol. The topological polar surface area (TPSA) is 72.9 Å². The number of esters is 1. The van der Waals surface area contributed by atoms with Gasteiger partial charge in [0.15, 0.2) is 0 Å². The molecule has 2 aromatic rings. The van der Waals surface area contributed by atoms with Crippen LogP contribution in [0.4, 0.5) is 0 Å². The first-order chi connectivity index (χ1) is 16.0. The van der Waals surface area contributed by atoms with E-state index in [-0.39, 0.29) is 6.42 Å². The molecule has 0 aromatic heterocycles. The SMILES string of the molecule is CCC(C=O)N1C(=O)[C@@H](CC(=O)OC(C)(C)C)O[C@H](c2cccc(Cl)c2)[C@H]1c1ccc(Cl)cc1. The molecule has 0 saturated carbocycles. The standard InChI is InChI=1S/C26H29Cl2NO5/c1-5-20(15-30)29-23(16-9-11-18(27)12-10-16)24(17-7-6-8-19(28)13-17)33-21(25(29)32)14-22(31)34-26(2,3)4/h6-13,15,20-21,23-24H,5,14H2,1-4H3/t20?,21-,23-,24-/m1/s1. The molecule has 0 bridgehead atoms. The number of benzene rings is 2. The van der Waals surface area contributed by atoms with Crippen LogP contribution in [0.25, 0.3) is 0 Å². The van der Waals surface area contributed by atoms with Crippen LogP contribution in [-0.4, -0.2) is 40.8 Å². The van der Waals surface area contributed by atoms with E-state index < -0.39 is 41.8 Å². The molecule has 2 aromatic carbocycles. The summed E-state index contributed by atoms with van der Waals surface area (Å²) in [7, 11) is 0. The largest absolute Gasteiger partial charge is 0.460 e. The molecule has 34 heavy (non-hydrogen) atoms. The second kappa shape index (κ2) is 10.9. The molecule has 6 nitrogen and oxygen atoms in total. The van der Waals surface area contributed by atoms with Gasteiger partial charge in [0, 0.05) is 10.0 Å². The van der Waals surface area contributed by atoms with Crippen LogP contribution in [0.1, 0.15) is 63.8 Å². The van der Waals surface area contributed by atoms with Gasteiger partial charge in [-0.1, -0.05) is 54.4 Å². The number of morpholine rings is 1. The Kier molecular flexibility index (Phi) is 8.39. The van der Waals surface area contributed by atoms with Crippen LogP contribution in [0.5, 0.6) is 0 Å². The van der Waals surface area contributed by atoms with Gasteiger partial charge in [0.1, 0.15) is 24.1 Å². The van der Waals surface area contributed by atoms with Gasteiger partial charge in [-0.25, -0.2) is 0 Å². The Morgan fingerprint density at radius 1 is 1.12 bits per heavy atom. The quantitative estimate of drug-likeness (QED) is 0.355. The lowest BCUT2D eigenvalue weighted by molar-refractivity contribution is -0.186. The van der Waals surface area contributed by atoms with Gasteiger partial charge in [0.25, 0.3) is 5.91 Å². The number of rotatable bonds is 7. The molecule has 8 heteroatoms. The minimum absolute atomic E-state index is 0.272. The van der Waals surface area contributed by atoms with Crippen molar-refractivity contribution < 1.29 is 23.9 Å². The number of carbonyl (C=O) groups excluding carboxylic acids is 3. The summed E-state index contributed by atoms with van der Waals surface area (Å²) in [5.74, 6) is -0.997. The van der Waals surface area contributed by atoms with Crippen molar-refractivity contribution in [3.63, 3.8) is 0 Å². The monoisotopic (exact) mass is 505 g/mol. The minimum atomic E-state index is -1.11. The third kappa shape index (κ3) is 6.17. The molecule has 0 radical (unpaired) electrons. The van der Waals surface area contributed by atoms with Crippen LogP contribution in [0.3, 0.4) is 0 Å². The van der Waals surface area contributed by atoms with E-state index in [1.807, 2.05) is 13.0 Å². The lowest BCUT2D eigenvalue weighted by atomic mass is 9.89. The van der Waals surface area contributed by atoms with E-state index in [1.54, 1.807) is 63.2 Å². The van der Waals surface area contributed by atoms with Gasteiger partial charge >= 0.3 is 5.97 Å². The van der Waals surface area contributed by atoms with E-state index in [1.165, 1.54) is 4.90 Å². The highest BCUT2D eigenvalue weighted by Crippen LogP contribution is 2.44. The summed E-state index contributed by atoms with van der Waals surface area (Å²) >= 11 is 12.4.